The average molecular weight is 443 g/mol. The summed E-state index contributed by atoms with van der Waals surface area (Å²) in [5.74, 6) is -1.57. The van der Waals surface area contributed by atoms with E-state index in [-0.39, 0.29) is 24.3 Å². The van der Waals surface area contributed by atoms with Crippen LogP contribution < -0.4 is 9.47 Å². The number of halogens is 4. The van der Waals surface area contributed by atoms with Crippen LogP contribution in [0.3, 0.4) is 0 Å². The number of carboxylic acid groups (broad SMARTS) is 1. The Morgan fingerprint density at radius 3 is 2.63 bits per heavy atom. The van der Waals surface area contributed by atoms with E-state index < -0.39 is 29.2 Å². The van der Waals surface area contributed by atoms with Crippen LogP contribution in [-0.4, -0.2) is 16.7 Å². The second kappa shape index (κ2) is 8.02. The molecule has 30 heavy (non-hydrogen) atoms. The zero-order valence-electron chi connectivity index (χ0n) is 16.8. The van der Waals surface area contributed by atoms with Gasteiger partial charge in [0.2, 0.25) is 0 Å². The van der Waals surface area contributed by atoms with Gasteiger partial charge >= 0.3 is 12.1 Å². The SMILES string of the molecule is CC(Cc1ccc(OCc2cc(Cl)cc3c2CC(C)(C)O3)c(C(F)(F)F)c1)C(=O)O. The molecule has 0 saturated carbocycles. The summed E-state index contributed by atoms with van der Waals surface area (Å²) in [4.78, 5) is 11.0. The summed E-state index contributed by atoms with van der Waals surface area (Å²) < 4.78 is 52.2. The number of rotatable bonds is 6. The van der Waals surface area contributed by atoms with Gasteiger partial charge in [-0.3, -0.25) is 4.79 Å². The van der Waals surface area contributed by atoms with Crippen molar-refractivity contribution in [1.29, 1.82) is 0 Å². The van der Waals surface area contributed by atoms with Crippen LogP contribution in [0.25, 0.3) is 0 Å². The molecular formula is C22H22ClF3O4. The maximum atomic E-state index is 13.6. The molecule has 0 amide bonds. The van der Waals surface area contributed by atoms with Crippen LogP contribution in [0, 0.1) is 5.92 Å². The molecule has 3 rings (SSSR count). The molecule has 0 spiro atoms. The third kappa shape index (κ3) is 5.01. The zero-order valence-corrected chi connectivity index (χ0v) is 17.5. The minimum Gasteiger partial charge on any atom is -0.488 e. The fraction of sp³-hybridized carbons (Fsp3) is 0.409. The molecule has 1 aliphatic rings. The van der Waals surface area contributed by atoms with Crippen molar-refractivity contribution in [3.63, 3.8) is 0 Å². The summed E-state index contributed by atoms with van der Waals surface area (Å²) in [6, 6.07) is 7.00. The highest BCUT2D eigenvalue weighted by molar-refractivity contribution is 6.30. The Kier molecular flexibility index (Phi) is 5.96. The van der Waals surface area contributed by atoms with E-state index in [9.17, 15) is 18.0 Å². The van der Waals surface area contributed by atoms with Gasteiger partial charge in [0.15, 0.2) is 0 Å². The van der Waals surface area contributed by atoms with Crippen LogP contribution in [0.5, 0.6) is 11.5 Å². The lowest BCUT2D eigenvalue weighted by atomic mass is 9.97. The molecule has 0 saturated heterocycles. The lowest BCUT2D eigenvalue weighted by Gasteiger charge is -2.17. The van der Waals surface area contributed by atoms with Gasteiger partial charge in [-0.25, -0.2) is 0 Å². The van der Waals surface area contributed by atoms with E-state index in [1.54, 1.807) is 12.1 Å². The van der Waals surface area contributed by atoms with Crippen molar-refractivity contribution in [2.75, 3.05) is 0 Å². The van der Waals surface area contributed by atoms with E-state index in [1.165, 1.54) is 19.1 Å². The molecule has 8 heteroatoms. The zero-order chi connectivity index (χ0) is 22.3. The van der Waals surface area contributed by atoms with Crippen molar-refractivity contribution >= 4 is 17.6 Å². The molecule has 2 aromatic carbocycles. The molecule has 0 aromatic heterocycles. The molecule has 1 unspecified atom stereocenters. The van der Waals surface area contributed by atoms with Crippen LogP contribution in [0.15, 0.2) is 30.3 Å². The fourth-order valence-corrected chi connectivity index (χ4v) is 3.72. The monoisotopic (exact) mass is 442 g/mol. The number of carbonyl (C=O) groups is 1. The summed E-state index contributed by atoms with van der Waals surface area (Å²) in [5.41, 5.74) is 0.447. The van der Waals surface area contributed by atoms with Crippen LogP contribution in [0.1, 0.15) is 43.0 Å². The second-order valence-electron chi connectivity index (χ2n) is 8.14. The number of alkyl halides is 3. The van der Waals surface area contributed by atoms with Crippen LogP contribution in [0.4, 0.5) is 13.2 Å². The van der Waals surface area contributed by atoms with Gasteiger partial charge in [0, 0.05) is 17.0 Å². The third-order valence-electron chi connectivity index (χ3n) is 4.95. The minimum absolute atomic E-state index is 0.00703. The largest absolute Gasteiger partial charge is 0.488 e. The van der Waals surface area contributed by atoms with E-state index in [0.717, 1.165) is 11.6 Å². The molecule has 0 bridgehead atoms. The number of ether oxygens (including phenoxy) is 2. The van der Waals surface area contributed by atoms with E-state index in [0.29, 0.717) is 22.8 Å². The Labute approximate surface area is 177 Å². The van der Waals surface area contributed by atoms with Gasteiger partial charge < -0.3 is 14.6 Å². The minimum atomic E-state index is -4.64. The van der Waals surface area contributed by atoms with E-state index in [2.05, 4.69) is 0 Å². The van der Waals surface area contributed by atoms with E-state index in [4.69, 9.17) is 26.2 Å². The number of hydrogen-bond acceptors (Lipinski definition) is 3. The number of fused-ring (bicyclic) bond motifs is 1. The Morgan fingerprint density at radius 2 is 2.00 bits per heavy atom. The highest BCUT2D eigenvalue weighted by Gasteiger charge is 2.36. The molecule has 0 radical (unpaired) electrons. The predicted molar refractivity (Wildman–Crippen MR) is 106 cm³/mol. The first kappa shape index (κ1) is 22.3. The van der Waals surface area contributed by atoms with Crippen LogP contribution >= 0.6 is 11.6 Å². The highest BCUT2D eigenvalue weighted by Crippen LogP contribution is 2.41. The quantitative estimate of drug-likeness (QED) is 0.603. The topological polar surface area (TPSA) is 55.8 Å². The molecule has 4 nitrogen and oxygen atoms in total. The Bertz CT molecular complexity index is 970. The number of benzene rings is 2. The third-order valence-corrected chi connectivity index (χ3v) is 5.17. The molecule has 0 aliphatic carbocycles. The number of hydrogen-bond donors (Lipinski definition) is 1. The molecule has 1 N–H and O–H groups in total. The van der Waals surface area contributed by atoms with Crippen molar-refractivity contribution in [1.82, 2.24) is 0 Å². The number of carboxylic acids is 1. The van der Waals surface area contributed by atoms with Gasteiger partial charge in [-0.2, -0.15) is 13.2 Å². The normalized spacial score (nSPS) is 16.0. The van der Waals surface area contributed by atoms with E-state index >= 15 is 0 Å². The van der Waals surface area contributed by atoms with Crippen molar-refractivity contribution in [2.45, 2.75) is 52.0 Å². The smallest absolute Gasteiger partial charge is 0.419 e. The summed E-state index contributed by atoms with van der Waals surface area (Å²) >= 11 is 6.14. The van der Waals surface area contributed by atoms with Crippen molar-refractivity contribution < 1.29 is 32.5 Å². The summed E-state index contributed by atoms with van der Waals surface area (Å²) in [7, 11) is 0. The van der Waals surface area contributed by atoms with Gasteiger partial charge in [-0.15, -0.1) is 0 Å². The van der Waals surface area contributed by atoms with Gasteiger partial charge in [0.1, 0.15) is 23.7 Å². The maximum absolute atomic E-state index is 13.6. The standard InChI is InChI=1S/C22H22ClF3O4/c1-12(20(27)28)6-13-4-5-18(17(7-13)22(24,25)26)29-11-14-8-15(23)9-19-16(14)10-21(2,3)30-19/h4-5,7-9,12H,6,10-11H2,1-3H3,(H,27,28). The predicted octanol–water partition coefficient (Wildman–Crippen LogP) is 5.91. The Hall–Kier alpha value is -2.41. The molecule has 1 aliphatic heterocycles. The molecular weight excluding hydrogens is 421 g/mol. The van der Waals surface area contributed by atoms with E-state index in [1.807, 2.05) is 13.8 Å². The first-order valence-corrected chi connectivity index (χ1v) is 9.79. The van der Waals surface area contributed by atoms with Gasteiger partial charge in [-0.1, -0.05) is 24.6 Å². The van der Waals surface area contributed by atoms with Gasteiger partial charge in [0.25, 0.3) is 0 Å². The lowest BCUT2D eigenvalue weighted by Crippen LogP contribution is -2.24. The second-order valence-corrected chi connectivity index (χ2v) is 8.58. The Morgan fingerprint density at radius 1 is 1.30 bits per heavy atom. The van der Waals surface area contributed by atoms with Crippen molar-refractivity contribution in [3.8, 4) is 11.5 Å². The average Bonchev–Trinajstić information content (AvgIpc) is 2.93. The molecule has 1 heterocycles. The summed E-state index contributed by atoms with van der Waals surface area (Å²) in [6.45, 7) is 5.19. The maximum Gasteiger partial charge on any atom is 0.419 e. The first-order valence-electron chi connectivity index (χ1n) is 9.42. The molecule has 2 aromatic rings. The molecule has 1 atom stereocenters. The number of aliphatic carboxylic acids is 1. The fourth-order valence-electron chi connectivity index (χ4n) is 3.49. The van der Waals surface area contributed by atoms with Crippen molar-refractivity contribution in [2.24, 2.45) is 5.92 Å². The molecule has 0 fully saturated rings. The van der Waals surface area contributed by atoms with Crippen LogP contribution in [-0.2, 0) is 30.4 Å². The summed E-state index contributed by atoms with van der Waals surface area (Å²) in [5, 5.41) is 9.42. The first-order chi connectivity index (χ1) is 13.9. The lowest BCUT2D eigenvalue weighted by molar-refractivity contribution is -0.141. The Balaban J connectivity index is 1.87. The summed E-state index contributed by atoms with van der Waals surface area (Å²) in [6.07, 6.45) is -4.05. The van der Waals surface area contributed by atoms with Crippen molar-refractivity contribution in [3.05, 3.63) is 57.6 Å². The molecule has 162 valence electrons. The van der Waals surface area contributed by atoms with Crippen LogP contribution in [0.2, 0.25) is 5.02 Å². The highest BCUT2D eigenvalue weighted by atomic mass is 35.5. The van der Waals surface area contributed by atoms with Gasteiger partial charge in [-0.05, 0) is 55.7 Å². The van der Waals surface area contributed by atoms with Gasteiger partial charge in [0.05, 0.1) is 11.5 Å².